The Morgan fingerprint density at radius 2 is 1.94 bits per heavy atom. The van der Waals surface area contributed by atoms with Crippen LogP contribution in [0.3, 0.4) is 0 Å². The number of hydrogen-bond acceptors (Lipinski definition) is 7. The lowest BCUT2D eigenvalue weighted by atomic mass is 10.2. The zero-order valence-corrected chi connectivity index (χ0v) is 20.9. The number of carbonyl (C=O) groups is 2. The first-order valence-corrected chi connectivity index (χ1v) is 11.9. The second kappa shape index (κ2) is 9.32. The molecule has 1 N–H and O–H groups in total. The lowest BCUT2D eigenvalue weighted by Gasteiger charge is -2.35. The molecular weight excluding hydrogens is 488 g/mol. The van der Waals surface area contributed by atoms with Crippen LogP contribution < -0.4 is 14.4 Å². The number of nitrogens with one attached hydrogen (secondary N) is 1. The topological polar surface area (TPSA) is 123 Å². The van der Waals surface area contributed by atoms with E-state index in [4.69, 9.17) is 9.47 Å². The minimum absolute atomic E-state index is 0.00515. The standard InChI is InChI=1S/C21H27F2N5O6S/c1-12-17(11-27(25-12)19(22)23)35(31,32)28-10-16(18(29)26(5)6)33-15-8-7-13(9-14(15)28)24-20(30)34-21(2,3)4/h7-9,11,16,19H,10H2,1-6H3,(H,24,30)/t16-/m1/s1. The third kappa shape index (κ3) is 5.63. The molecule has 3 rings (SSSR count). The monoisotopic (exact) mass is 515 g/mol. The van der Waals surface area contributed by atoms with Crippen LogP contribution in [0, 0.1) is 6.92 Å². The van der Waals surface area contributed by atoms with Gasteiger partial charge in [0.2, 0.25) is 0 Å². The summed E-state index contributed by atoms with van der Waals surface area (Å²) >= 11 is 0. The molecule has 1 aromatic heterocycles. The van der Waals surface area contributed by atoms with Crippen molar-refractivity contribution in [3.63, 3.8) is 0 Å². The Morgan fingerprint density at radius 3 is 2.49 bits per heavy atom. The van der Waals surface area contributed by atoms with Crippen molar-refractivity contribution in [2.45, 2.75) is 50.8 Å². The first-order chi connectivity index (χ1) is 16.1. The fourth-order valence-electron chi connectivity index (χ4n) is 3.33. The summed E-state index contributed by atoms with van der Waals surface area (Å²) in [5.41, 5.74) is -0.708. The highest BCUT2D eigenvalue weighted by atomic mass is 32.2. The number of anilines is 2. The summed E-state index contributed by atoms with van der Waals surface area (Å²) in [4.78, 5) is 25.6. The zero-order valence-electron chi connectivity index (χ0n) is 20.1. The van der Waals surface area contributed by atoms with E-state index in [0.29, 0.717) is 0 Å². The predicted octanol–water partition coefficient (Wildman–Crippen LogP) is 2.98. The maximum atomic E-state index is 13.6. The highest BCUT2D eigenvalue weighted by molar-refractivity contribution is 7.92. The molecule has 0 radical (unpaired) electrons. The normalized spacial score (nSPS) is 15.9. The number of alkyl halides is 2. The number of sulfonamides is 1. The molecule has 0 fully saturated rings. The van der Waals surface area contributed by atoms with Crippen LogP contribution in [0.2, 0.25) is 0 Å². The Morgan fingerprint density at radius 1 is 1.29 bits per heavy atom. The van der Waals surface area contributed by atoms with Crippen LogP contribution in [-0.2, 0) is 19.6 Å². The minimum atomic E-state index is -4.46. The maximum Gasteiger partial charge on any atom is 0.412 e. The summed E-state index contributed by atoms with van der Waals surface area (Å²) in [5, 5.41) is 6.10. The van der Waals surface area contributed by atoms with Crippen LogP contribution >= 0.6 is 0 Å². The summed E-state index contributed by atoms with van der Waals surface area (Å²) in [6, 6.07) is 4.19. The summed E-state index contributed by atoms with van der Waals surface area (Å²) in [7, 11) is -1.48. The largest absolute Gasteiger partial charge is 0.476 e. The molecule has 0 saturated carbocycles. The number of rotatable bonds is 5. The van der Waals surface area contributed by atoms with E-state index in [0.717, 1.165) is 10.5 Å². The fourth-order valence-corrected chi connectivity index (χ4v) is 4.96. The van der Waals surface area contributed by atoms with Gasteiger partial charge in [-0.2, -0.15) is 13.9 Å². The van der Waals surface area contributed by atoms with Crippen LogP contribution in [0.4, 0.5) is 25.0 Å². The molecule has 1 atom stereocenters. The number of amides is 2. The number of halogens is 2. The molecule has 2 amide bonds. The fraction of sp³-hybridized carbons (Fsp3) is 0.476. The molecule has 11 nitrogen and oxygen atoms in total. The van der Waals surface area contributed by atoms with Gasteiger partial charge < -0.3 is 14.4 Å². The average Bonchev–Trinajstić information content (AvgIpc) is 3.13. The van der Waals surface area contributed by atoms with E-state index in [1.165, 1.54) is 44.1 Å². The molecule has 2 aromatic rings. The predicted molar refractivity (Wildman–Crippen MR) is 122 cm³/mol. The molecule has 1 aliphatic rings. The second-order valence-corrected chi connectivity index (χ2v) is 10.9. The van der Waals surface area contributed by atoms with Crippen molar-refractivity contribution >= 4 is 33.4 Å². The molecule has 0 saturated heterocycles. The molecule has 0 bridgehead atoms. The average molecular weight is 516 g/mol. The minimum Gasteiger partial charge on any atom is -0.476 e. The van der Waals surface area contributed by atoms with E-state index in [9.17, 15) is 26.8 Å². The quantitative estimate of drug-likeness (QED) is 0.649. The number of ether oxygens (including phenoxy) is 2. The molecule has 1 aliphatic heterocycles. The second-order valence-electron chi connectivity index (χ2n) is 9.02. The molecule has 0 spiro atoms. The highest BCUT2D eigenvalue weighted by Gasteiger charge is 2.40. The Labute approximate surface area is 201 Å². The zero-order chi connectivity index (χ0) is 26.3. The number of likely N-dealkylation sites (N-methyl/N-ethyl adjacent to an activating group) is 1. The number of fused-ring (bicyclic) bond motifs is 1. The summed E-state index contributed by atoms with van der Waals surface area (Å²) < 4.78 is 65.6. The molecule has 1 aromatic carbocycles. The van der Waals surface area contributed by atoms with Crippen molar-refractivity contribution in [2.24, 2.45) is 0 Å². The lowest BCUT2D eigenvalue weighted by Crippen LogP contribution is -2.50. The third-order valence-electron chi connectivity index (χ3n) is 4.83. The molecule has 192 valence electrons. The van der Waals surface area contributed by atoms with Gasteiger partial charge in [-0.05, 0) is 45.9 Å². The van der Waals surface area contributed by atoms with E-state index in [1.807, 2.05) is 0 Å². The van der Waals surface area contributed by atoms with Gasteiger partial charge in [0.15, 0.2) is 6.10 Å². The molecular formula is C21H27F2N5O6S. The van der Waals surface area contributed by atoms with Gasteiger partial charge in [-0.25, -0.2) is 17.9 Å². The van der Waals surface area contributed by atoms with Gasteiger partial charge in [0.1, 0.15) is 16.2 Å². The van der Waals surface area contributed by atoms with E-state index in [-0.39, 0.29) is 27.5 Å². The third-order valence-corrected chi connectivity index (χ3v) is 6.71. The van der Waals surface area contributed by atoms with Gasteiger partial charge in [0.25, 0.3) is 15.9 Å². The number of nitrogens with zero attached hydrogens (tertiary/aromatic N) is 4. The van der Waals surface area contributed by atoms with Crippen LogP contribution in [0.5, 0.6) is 5.75 Å². The first-order valence-electron chi connectivity index (χ1n) is 10.5. The highest BCUT2D eigenvalue weighted by Crippen LogP contribution is 2.40. The Bertz CT molecular complexity index is 1240. The van der Waals surface area contributed by atoms with Crippen LogP contribution in [0.1, 0.15) is 33.0 Å². The molecule has 14 heteroatoms. The van der Waals surface area contributed by atoms with Crippen molar-refractivity contribution in [3.05, 3.63) is 30.1 Å². The van der Waals surface area contributed by atoms with Gasteiger partial charge in [-0.15, -0.1) is 0 Å². The number of aryl methyl sites for hydroxylation is 1. The number of carbonyl (C=O) groups excluding carboxylic acids is 2. The maximum absolute atomic E-state index is 13.6. The summed E-state index contributed by atoms with van der Waals surface area (Å²) in [6.45, 7) is 2.88. The lowest BCUT2D eigenvalue weighted by molar-refractivity contribution is -0.135. The number of hydrogen-bond donors (Lipinski definition) is 1. The van der Waals surface area contributed by atoms with Crippen LogP contribution in [0.15, 0.2) is 29.3 Å². The van der Waals surface area contributed by atoms with E-state index >= 15 is 0 Å². The van der Waals surface area contributed by atoms with Crippen molar-refractivity contribution < 1.29 is 36.3 Å². The van der Waals surface area contributed by atoms with Gasteiger partial charge in [0.05, 0.1) is 24.1 Å². The Kier molecular flexibility index (Phi) is 6.97. The molecule has 35 heavy (non-hydrogen) atoms. The Hall–Kier alpha value is -3.42. The van der Waals surface area contributed by atoms with Crippen LogP contribution in [-0.4, -0.2) is 67.4 Å². The summed E-state index contributed by atoms with van der Waals surface area (Å²) in [6.07, 6.45) is -1.23. The smallest absolute Gasteiger partial charge is 0.412 e. The molecule has 0 unspecified atom stereocenters. The number of benzene rings is 1. The Balaban J connectivity index is 2.07. The van der Waals surface area contributed by atoms with Crippen molar-refractivity contribution in [3.8, 4) is 5.75 Å². The van der Waals surface area contributed by atoms with Crippen molar-refractivity contribution in [1.29, 1.82) is 0 Å². The van der Waals surface area contributed by atoms with Gasteiger partial charge in [-0.1, -0.05) is 0 Å². The first kappa shape index (κ1) is 26.2. The van der Waals surface area contributed by atoms with Crippen LogP contribution in [0.25, 0.3) is 0 Å². The van der Waals surface area contributed by atoms with E-state index < -0.39 is 51.7 Å². The van der Waals surface area contributed by atoms with Crippen molar-refractivity contribution in [2.75, 3.05) is 30.3 Å². The SMILES string of the molecule is Cc1nn(C(F)F)cc1S(=O)(=O)N1C[C@H](C(=O)N(C)C)Oc2ccc(NC(=O)OC(C)(C)C)cc21. The van der Waals surface area contributed by atoms with E-state index in [1.54, 1.807) is 20.8 Å². The van der Waals surface area contributed by atoms with Gasteiger partial charge in [-0.3, -0.25) is 14.4 Å². The molecule has 0 aliphatic carbocycles. The van der Waals surface area contributed by atoms with E-state index in [2.05, 4.69) is 10.4 Å². The van der Waals surface area contributed by atoms with Gasteiger partial charge in [0, 0.05) is 19.8 Å². The summed E-state index contributed by atoms with van der Waals surface area (Å²) in [5.74, 6) is -0.444. The molecule has 2 heterocycles. The van der Waals surface area contributed by atoms with Gasteiger partial charge >= 0.3 is 12.6 Å². The number of aromatic nitrogens is 2. The van der Waals surface area contributed by atoms with Crippen molar-refractivity contribution in [1.82, 2.24) is 14.7 Å².